The van der Waals surface area contributed by atoms with Gasteiger partial charge in [-0.05, 0) is 54.5 Å². The first-order valence-corrected chi connectivity index (χ1v) is 11.4. The van der Waals surface area contributed by atoms with Crippen LogP contribution in [0.4, 0.5) is 8.78 Å². The van der Waals surface area contributed by atoms with Gasteiger partial charge in [-0.1, -0.05) is 36.4 Å². The molecule has 8 nitrogen and oxygen atoms in total. The fourth-order valence-corrected chi connectivity index (χ4v) is 3.42. The van der Waals surface area contributed by atoms with E-state index in [1.165, 1.54) is 41.2 Å². The van der Waals surface area contributed by atoms with E-state index in [0.717, 1.165) is 0 Å². The summed E-state index contributed by atoms with van der Waals surface area (Å²) in [5.74, 6) is -1.79. The first-order chi connectivity index (χ1) is 17.3. The summed E-state index contributed by atoms with van der Waals surface area (Å²) < 4.78 is 32.1. The van der Waals surface area contributed by atoms with Crippen LogP contribution in [0.1, 0.15) is 43.6 Å². The molecule has 1 aromatic heterocycles. The lowest BCUT2D eigenvalue weighted by Gasteiger charge is -2.13. The zero-order valence-electron chi connectivity index (χ0n) is 19.9. The molecule has 0 saturated carbocycles. The smallest absolute Gasteiger partial charge is 0.313 e. The van der Waals surface area contributed by atoms with E-state index in [9.17, 15) is 23.5 Å². The molecule has 0 spiro atoms. The van der Waals surface area contributed by atoms with Gasteiger partial charge in [-0.3, -0.25) is 9.59 Å². The van der Waals surface area contributed by atoms with E-state index >= 15 is 0 Å². The van der Waals surface area contributed by atoms with Crippen LogP contribution in [0.25, 0.3) is 11.1 Å². The highest BCUT2D eigenvalue weighted by Crippen LogP contribution is 2.32. The van der Waals surface area contributed by atoms with Crippen molar-refractivity contribution in [3.63, 3.8) is 0 Å². The van der Waals surface area contributed by atoms with E-state index in [2.05, 4.69) is 15.4 Å². The number of Topliss-reactive ketones (excluding diaryl/α,β-unsaturated/α-hetero) is 1. The van der Waals surface area contributed by atoms with Gasteiger partial charge in [-0.25, -0.2) is 8.78 Å². The van der Waals surface area contributed by atoms with Gasteiger partial charge in [0.15, 0.2) is 0 Å². The van der Waals surface area contributed by atoms with Crippen LogP contribution in [-0.4, -0.2) is 49.8 Å². The molecule has 0 aliphatic heterocycles. The number of benzene rings is 2. The van der Waals surface area contributed by atoms with Crippen molar-refractivity contribution in [2.75, 3.05) is 6.61 Å². The Bertz CT molecular complexity index is 1200. The lowest BCUT2D eigenvalue weighted by atomic mass is 9.92. The van der Waals surface area contributed by atoms with Gasteiger partial charge < -0.3 is 9.84 Å². The molecular formula is C26H26F2N4O4. The lowest BCUT2D eigenvalue weighted by Crippen LogP contribution is -2.16. The highest BCUT2D eigenvalue weighted by molar-refractivity contribution is 6.01. The number of hydrogen-bond acceptors (Lipinski definition) is 7. The molecular weight excluding hydrogens is 470 g/mol. The minimum atomic E-state index is -1.22. The van der Waals surface area contributed by atoms with E-state index in [-0.39, 0.29) is 18.9 Å². The molecule has 36 heavy (non-hydrogen) atoms. The molecule has 188 valence electrons. The van der Waals surface area contributed by atoms with Crippen LogP contribution < -0.4 is 0 Å². The normalized spacial score (nSPS) is 11.9. The lowest BCUT2D eigenvalue weighted by molar-refractivity contribution is -0.145. The molecule has 0 amide bonds. The molecule has 10 heteroatoms. The van der Waals surface area contributed by atoms with Crippen LogP contribution in [0.5, 0.6) is 0 Å². The van der Waals surface area contributed by atoms with Crippen LogP contribution in [0, 0.1) is 11.6 Å². The Morgan fingerprint density at radius 3 is 2.11 bits per heavy atom. The number of aryl methyl sites for hydroxylation is 1. The van der Waals surface area contributed by atoms with Gasteiger partial charge in [-0.15, -0.1) is 10.2 Å². The predicted octanol–water partition coefficient (Wildman–Crippen LogP) is 3.76. The van der Waals surface area contributed by atoms with Gasteiger partial charge in [0.05, 0.1) is 19.3 Å². The summed E-state index contributed by atoms with van der Waals surface area (Å²) in [5.41, 5.74) is 2.11. The number of ketones is 1. The average Bonchev–Trinajstić information content (AvgIpc) is 3.32. The summed E-state index contributed by atoms with van der Waals surface area (Å²) in [5, 5.41) is 22.9. The number of ether oxygens (including phenoxy) is 1. The number of tetrazole rings is 1. The van der Waals surface area contributed by atoms with Crippen LogP contribution in [0.15, 0.2) is 60.7 Å². The molecule has 1 unspecified atom stereocenters. The molecule has 3 aromatic rings. The molecule has 0 radical (unpaired) electrons. The summed E-state index contributed by atoms with van der Waals surface area (Å²) in [7, 11) is 0. The van der Waals surface area contributed by atoms with Gasteiger partial charge in [0.2, 0.25) is 5.82 Å². The maximum Gasteiger partial charge on any atom is 0.313 e. The maximum absolute atomic E-state index is 13.7. The number of carbonyl (C=O) groups is 2. The van der Waals surface area contributed by atoms with Crippen LogP contribution in [-0.2, 0) is 20.9 Å². The molecule has 1 N–H and O–H groups in total. The standard InChI is InChI=1S/C26H26F2N4O4/c1-3-32-30-26(29-31-32)23(14-13-21(33)15-22(34)16-24(35)36-4-2)25(17-5-9-19(27)10-6-17)18-7-11-20(28)12-8-18/h5-14,21,33H,3-4,15-16H2,1-2H3. The molecule has 1 atom stereocenters. The summed E-state index contributed by atoms with van der Waals surface area (Å²) in [4.78, 5) is 25.0. The van der Waals surface area contributed by atoms with Crippen LogP contribution in [0.2, 0.25) is 0 Å². The Balaban J connectivity index is 2.06. The maximum atomic E-state index is 13.7. The fourth-order valence-electron chi connectivity index (χ4n) is 3.42. The van der Waals surface area contributed by atoms with Crippen molar-refractivity contribution in [3.05, 3.63) is 89.3 Å². The number of rotatable bonds is 11. The van der Waals surface area contributed by atoms with Crippen molar-refractivity contribution in [1.29, 1.82) is 0 Å². The third-order valence-corrected chi connectivity index (χ3v) is 5.08. The van der Waals surface area contributed by atoms with Gasteiger partial charge in [0.1, 0.15) is 23.8 Å². The Hall–Kier alpha value is -4.05. The number of aliphatic hydroxyl groups excluding tert-OH is 1. The highest BCUT2D eigenvalue weighted by atomic mass is 19.1. The quantitative estimate of drug-likeness (QED) is 0.245. The summed E-state index contributed by atoms with van der Waals surface area (Å²) in [6.07, 6.45) is 0.940. The highest BCUT2D eigenvalue weighted by Gasteiger charge is 2.18. The Labute approximate surface area is 206 Å². The molecule has 0 bridgehead atoms. The molecule has 0 aliphatic rings. The average molecular weight is 497 g/mol. The second kappa shape index (κ2) is 12.6. The molecule has 2 aromatic carbocycles. The Kier molecular flexibility index (Phi) is 9.29. The van der Waals surface area contributed by atoms with Crippen molar-refractivity contribution in [1.82, 2.24) is 20.2 Å². The van der Waals surface area contributed by atoms with Crippen molar-refractivity contribution in [3.8, 4) is 0 Å². The summed E-state index contributed by atoms with van der Waals surface area (Å²) >= 11 is 0. The topological polar surface area (TPSA) is 107 Å². The van der Waals surface area contributed by atoms with E-state index < -0.39 is 35.9 Å². The summed E-state index contributed by atoms with van der Waals surface area (Å²) in [6, 6.07) is 11.4. The minimum absolute atomic E-state index is 0.156. The molecule has 0 saturated heterocycles. The second-order valence-electron chi connectivity index (χ2n) is 7.76. The number of aliphatic hydroxyl groups is 1. The second-order valence-corrected chi connectivity index (χ2v) is 7.76. The number of carbonyl (C=O) groups excluding carboxylic acids is 2. The van der Waals surface area contributed by atoms with E-state index in [4.69, 9.17) is 4.74 Å². The van der Waals surface area contributed by atoms with Crippen LogP contribution in [0.3, 0.4) is 0 Å². The van der Waals surface area contributed by atoms with Gasteiger partial charge >= 0.3 is 5.97 Å². The monoisotopic (exact) mass is 496 g/mol. The molecule has 1 heterocycles. The first-order valence-electron chi connectivity index (χ1n) is 11.4. The van der Waals surface area contributed by atoms with E-state index in [1.807, 2.05) is 6.92 Å². The van der Waals surface area contributed by atoms with Gasteiger partial charge in [0, 0.05) is 17.6 Å². The van der Waals surface area contributed by atoms with Crippen molar-refractivity contribution in [2.45, 2.75) is 39.3 Å². The first kappa shape index (κ1) is 26.6. The Morgan fingerprint density at radius 1 is 1.03 bits per heavy atom. The van der Waals surface area contributed by atoms with E-state index in [0.29, 0.717) is 28.8 Å². The largest absolute Gasteiger partial charge is 0.466 e. The Morgan fingerprint density at radius 2 is 1.61 bits per heavy atom. The number of allylic oxidation sites excluding steroid dienone is 2. The molecule has 3 rings (SSSR count). The van der Waals surface area contributed by atoms with E-state index in [1.54, 1.807) is 31.2 Å². The fraction of sp³-hybridized carbons (Fsp3) is 0.269. The third-order valence-electron chi connectivity index (χ3n) is 5.08. The van der Waals surface area contributed by atoms with Gasteiger partial charge in [0.25, 0.3) is 0 Å². The third kappa shape index (κ3) is 7.22. The number of nitrogens with zero attached hydrogens (tertiary/aromatic N) is 4. The molecule has 0 fully saturated rings. The predicted molar refractivity (Wildman–Crippen MR) is 128 cm³/mol. The number of aromatic nitrogens is 4. The molecule has 0 aliphatic carbocycles. The summed E-state index contributed by atoms with van der Waals surface area (Å²) in [6.45, 7) is 4.09. The van der Waals surface area contributed by atoms with Crippen LogP contribution >= 0.6 is 0 Å². The van der Waals surface area contributed by atoms with Gasteiger partial charge in [-0.2, -0.15) is 4.80 Å². The number of halogens is 2. The zero-order chi connectivity index (χ0) is 26.1. The SMILES string of the molecule is CCOC(=O)CC(=O)CC(O)C=CC(=C(c1ccc(F)cc1)c1ccc(F)cc1)c1nnn(CC)n1. The van der Waals surface area contributed by atoms with Crippen molar-refractivity contribution < 1.29 is 28.2 Å². The number of esters is 1. The van der Waals surface area contributed by atoms with Crippen molar-refractivity contribution >= 4 is 22.9 Å². The number of hydrogen-bond donors (Lipinski definition) is 1. The minimum Gasteiger partial charge on any atom is -0.466 e. The zero-order valence-corrected chi connectivity index (χ0v) is 19.9. The van der Waals surface area contributed by atoms with Crippen molar-refractivity contribution in [2.24, 2.45) is 0 Å².